The maximum Gasteiger partial charge on any atom is 0.255 e. The average molecular weight is 389 g/mol. The van der Waals surface area contributed by atoms with Crippen molar-refractivity contribution in [2.75, 3.05) is 12.4 Å². The Labute approximate surface area is 141 Å². The van der Waals surface area contributed by atoms with E-state index < -0.39 is 0 Å². The van der Waals surface area contributed by atoms with Crippen LogP contribution in [0.4, 0.5) is 5.69 Å². The molecule has 2 aromatic carbocycles. The summed E-state index contributed by atoms with van der Waals surface area (Å²) in [5, 5.41) is 3.73. The molecule has 1 N–H and O–H groups in total. The van der Waals surface area contributed by atoms with Crippen LogP contribution < -0.4 is 10.1 Å². The van der Waals surface area contributed by atoms with Crippen molar-refractivity contribution < 1.29 is 9.53 Å². The van der Waals surface area contributed by atoms with Gasteiger partial charge in [0.25, 0.3) is 5.91 Å². The van der Waals surface area contributed by atoms with E-state index in [4.69, 9.17) is 27.9 Å². The maximum atomic E-state index is 12.2. The number of rotatable bonds is 3. The largest absolute Gasteiger partial charge is 0.496 e. The standard InChI is InChI=1S/C15H12BrCl2NO2/c1-8-5-12(18)13(7-11(8)17)19-15(20)9-3-4-14(21-2)10(16)6-9/h3-7H,1-2H3,(H,19,20). The normalized spacial score (nSPS) is 10.3. The molecule has 1 amide bonds. The molecule has 110 valence electrons. The van der Waals surface area contributed by atoms with Gasteiger partial charge in [0.1, 0.15) is 5.75 Å². The Bertz CT molecular complexity index is 704. The quantitative estimate of drug-likeness (QED) is 0.771. The number of nitrogens with one attached hydrogen (secondary N) is 1. The van der Waals surface area contributed by atoms with Crippen molar-refractivity contribution in [1.82, 2.24) is 0 Å². The highest BCUT2D eigenvalue weighted by Crippen LogP contribution is 2.30. The summed E-state index contributed by atoms with van der Waals surface area (Å²) >= 11 is 15.5. The van der Waals surface area contributed by atoms with Crippen LogP contribution in [0.3, 0.4) is 0 Å². The van der Waals surface area contributed by atoms with Crippen LogP contribution in [0.1, 0.15) is 15.9 Å². The lowest BCUT2D eigenvalue weighted by Gasteiger charge is -2.10. The zero-order valence-electron chi connectivity index (χ0n) is 11.3. The zero-order chi connectivity index (χ0) is 15.6. The zero-order valence-corrected chi connectivity index (χ0v) is 14.4. The number of aryl methyl sites for hydroxylation is 1. The molecular formula is C15H12BrCl2NO2. The number of methoxy groups -OCH3 is 1. The molecule has 6 heteroatoms. The molecular weight excluding hydrogens is 377 g/mol. The molecule has 0 aliphatic rings. The van der Waals surface area contributed by atoms with Crippen LogP contribution in [-0.4, -0.2) is 13.0 Å². The summed E-state index contributed by atoms with van der Waals surface area (Å²) in [5.74, 6) is 0.378. The summed E-state index contributed by atoms with van der Waals surface area (Å²) in [6.07, 6.45) is 0. The Morgan fingerprint density at radius 3 is 2.52 bits per heavy atom. The van der Waals surface area contributed by atoms with E-state index in [1.165, 1.54) is 0 Å². The van der Waals surface area contributed by atoms with Crippen LogP contribution in [0.2, 0.25) is 10.0 Å². The van der Waals surface area contributed by atoms with Crippen LogP contribution in [-0.2, 0) is 0 Å². The molecule has 2 rings (SSSR count). The summed E-state index contributed by atoms with van der Waals surface area (Å²) in [5.41, 5.74) is 1.81. The van der Waals surface area contributed by atoms with Gasteiger partial charge in [-0.3, -0.25) is 4.79 Å². The predicted molar refractivity (Wildman–Crippen MR) is 89.8 cm³/mol. The Balaban J connectivity index is 2.26. The second kappa shape index (κ2) is 6.69. The minimum atomic E-state index is -0.278. The van der Waals surface area contributed by atoms with Gasteiger partial charge < -0.3 is 10.1 Å². The second-order valence-corrected chi connectivity index (χ2v) is 6.05. The fourth-order valence-electron chi connectivity index (χ4n) is 1.74. The van der Waals surface area contributed by atoms with Gasteiger partial charge in [0.15, 0.2) is 0 Å². The molecule has 0 spiro atoms. The molecule has 0 heterocycles. The number of hydrogen-bond donors (Lipinski definition) is 1. The number of carbonyl (C=O) groups excluding carboxylic acids is 1. The minimum Gasteiger partial charge on any atom is -0.496 e. The number of anilines is 1. The van der Waals surface area contributed by atoms with Crippen molar-refractivity contribution in [2.24, 2.45) is 0 Å². The number of hydrogen-bond acceptors (Lipinski definition) is 2. The van der Waals surface area contributed by atoms with Crippen molar-refractivity contribution >= 4 is 50.7 Å². The molecule has 0 fully saturated rings. The van der Waals surface area contributed by atoms with E-state index in [9.17, 15) is 4.79 Å². The maximum absolute atomic E-state index is 12.2. The van der Waals surface area contributed by atoms with Crippen LogP contribution in [0.5, 0.6) is 5.75 Å². The smallest absolute Gasteiger partial charge is 0.255 e. The lowest BCUT2D eigenvalue weighted by atomic mass is 10.2. The van der Waals surface area contributed by atoms with Crippen molar-refractivity contribution in [3.8, 4) is 5.75 Å². The van der Waals surface area contributed by atoms with Gasteiger partial charge in [0, 0.05) is 10.6 Å². The Morgan fingerprint density at radius 1 is 1.19 bits per heavy atom. The van der Waals surface area contributed by atoms with Crippen molar-refractivity contribution in [3.63, 3.8) is 0 Å². The fourth-order valence-corrected chi connectivity index (χ4v) is 2.71. The molecule has 0 bridgehead atoms. The van der Waals surface area contributed by atoms with E-state index in [0.717, 1.165) is 5.56 Å². The molecule has 0 unspecified atom stereocenters. The summed E-state index contributed by atoms with van der Waals surface area (Å²) < 4.78 is 5.83. The molecule has 0 aromatic heterocycles. The van der Waals surface area contributed by atoms with Crippen molar-refractivity contribution in [2.45, 2.75) is 6.92 Å². The van der Waals surface area contributed by atoms with Gasteiger partial charge >= 0.3 is 0 Å². The van der Waals surface area contributed by atoms with Crippen molar-refractivity contribution in [3.05, 3.63) is 56.0 Å². The third kappa shape index (κ3) is 3.70. The summed E-state index contributed by atoms with van der Waals surface area (Å²) in [7, 11) is 1.56. The molecule has 0 aliphatic heterocycles. The summed E-state index contributed by atoms with van der Waals surface area (Å²) in [6.45, 7) is 1.85. The molecule has 2 aromatic rings. The monoisotopic (exact) mass is 387 g/mol. The highest BCUT2D eigenvalue weighted by Gasteiger charge is 2.12. The Morgan fingerprint density at radius 2 is 1.90 bits per heavy atom. The summed E-state index contributed by atoms with van der Waals surface area (Å²) in [6, 6.07) is 8.41. The lowest BCUT2D eigenvalue weighted by Crippen LogP contribution is -2.12. The van der Waals surface area contributed by atoms with Crippen LogP contribution in [0.15, 0.2) is 34.8 Å². The minimum absolute atomic E-state index is 0.278. The third-order valence-corrected chi connectivity index (χ3v) is 4.25. The van der Waals surface area contributed by atoms with Crippen LogP contribution in [0, 0.1) is 6.92 Å². The first-order valence-electron chi connectivity index (χ1n) is 6.03. The van der Waals surface area contributed by atoms with Crippen molar-refractivity contribution in [1.29, 1.82) is 0 Å². The second-order valence-electron chi connectivity index (χ2n) is 4.38. The van der Waals surface area contributed by atoms with E-state index in [-0.39, 0.29) is 5.91 Å². The number of amides is 1. The van der Waals surface area contributed by atoms with Crippen LogP contribution >= 0.6 is 39.1 Å². The van der Waals surface area contributed by atoms with Gasteiger partial charge in [0.05, 0.1) is 22.3 Å². The van der Waals surface area contributed by atoms with Gasteiger partial charge in [-0.05, 0) is 58.7 Å². The third-order valence-electron chi connectivity index (χ3n) is 2.91. The highest BCUT2D eigenvalue weighted by atomic mass is 79.9. The van der Waals surface area contributed by atoms with Gasteiger partial charge in [-0.2, -0.15) is 0 Å². The van der Waals surface area contributed by atoms with Gasteiger partial charge in [-0.25, -0.2) is 0 Å². The molecule has 3 nitrogen and oxygen atoms in total. The summed E-state index contributed by atoms with van der Waals surface area (Å²) in [4.78, 5) is 12.2. The van der Waals surface area contributed by atoms with E-state index in [1.54, 1.807) is 37.4 Å². The molecule has 0 saturated carbocycles. The molecule has 0 aliphatic carbocycles. The fraction of sp³-hybridized carbons (Fsp3) is 0.133. The Hall–Kier alpha value is -1.23. The van der Waals surface area contributed by atoms with E-state index in [1.807, 2.05) is 6.92 Å². The first-order chi connectivity index (χ1) is 9.92. The van der Waals surface area contributed by atoms with E-state index in [0.29, 0.717) is 31.5 Å². The van der Waals surface area contributed by atoms with E-state index >= 15 is 0 Å². The first-order valence-corrected chi connectivity index (χ1v) is 7.58. The molecule has 21 heavy (non-hydrogen) atoms. The van der Waals surface area contributed by atoms with E-state index in [2.05, 4.69) is 21.2 Å². The van der Waals surface area contributed by atoms with Gasteiger partial charge in [0.2, 0.25) is 0 Å². The molecule has 0 atom stereocenters. The lowest BCUT2D eigenvalue weighted by molar-refractivity contribution is 0.102. The Kier molecular flexibility index (Phi) is 5.14. The number of ether oxygens (including phenoxy) is 1. The first kappa shape index (κ1) is 16.1. The number of benzene rings is 2. The highest BCUT2D eigenvalue weighted by molar-refractivity contribution is 9.10. The van der Waals surface area contributed by atoms with Gasteiger partial charge in [-0.1, -0.05) is 23.2 Å². The number of halogens is 3. The topological polar surface area (TPSA) is 38.3 Å². The molecule has 0 radical (unpaired) electrons. The van der Waals surface area contributed by atoms with Crippen LogP contribution in [0.25, 0.3) is 0 Å². The predicted octanol–water partition coefficient (Wildman–Crippen LogP) is 5.33. The number of carbonyl (C=O) groups is 1. The molecule has 0 saturated heterocycles. The SMILES string of the molecule is COc1ccc(C(=O)Nc2cc(Cl)c(C)cc2Cl)cc1Br. The average Bonchev–Trinajstić information content (AvgIpc) is 2.44. The van der Waals surface area contributed by atoms with Gasteiger partial charge in [-0.15, -0.1) is 0 Å².